The zero-order chi connectivity index (χ0) is 11.3. The third-order valence-electron chi connectivity index (χ3n) is 1.77. The third kappa shape index (κ3) is 3.15. The smallest absolute Gasteiger partial charge is 0.244 e. The molecule has 84 valence electrons. The highest BCUT2D eigenvalue weighted by Gasteiger charge is 2.16. The lowest BCUT2D eigenvalue weighted by molar-refractivity contribution is 0.585. The van der Waals surface area contributed by atoms with Crippen molar-refractivity contribution in [1.82, 2.24) is 14.9 Å². The molecular weight excluding hydrogens is 216 g/mol. The van der Waals surface area contributed by atoms with Gasteiger partial charge in [-0.3, -0.25) is 5.10 Å². The van der Waals surface area contributed by atoms with E-state index in [0.29, 0.717) is 12.2 Å². The number of aromatic nitrogens is 2. The molecule has 1 heterocycles. The molecule has 15 heavy (non-hydrogen) atoms. The number of aromatic amines is 1. The highest BCUT2D eigenvalue weighted by Crippen LogP contribution is 2.09. The molecule has 1 aromatic heterocycles. The molecule has 0 aliphatic heterocycles. The zero-order valence-corrected chi connectivity index (χ0v) is 9.21. The molecule has 1 aromatic rings. The number of sulfonamides is 1. The summed E-state index contributed by atoms with van der Waals surface area (Å²) in [6, 6.07) is 0. The number of hydrogen-bond donors (Lipinski definition) is 3. The topological polar surface area (TPSA) is 101 Å². The van der Waals surface area contributed by atoms with Gasteiger partial charge < -0.3 is 5.73 Å². The Morgan fingerprint density at radius 1 is 1.60 bits per heavy atom. The SMILES string of the molecule is Cc1[nH]ncc1S(=O)(=O)NC/C=C/CN. The molecule has 0 aliphatic rings. The normalized spacial score (nSPS) is 12.4. The first-order valence-corrected chi connectivity index (χ1v) is 5.91. The van der Waals surface area contributed by atoms with Crippen LogP contribution in [0.2, 0.25) is 0 Å². The Morgan fingerprint density at radius 3 is 2.87 bits per heavy atom. The number of aryl methyl sites for hydroxylation is 1. The summed E-state index contributed by atoms with van der Waals surface area (Å²) in [7, 11) is -3.46. The summed E-state index contributed by atoms with van der Waals surface area (Å²) in [6.07, 6.45) is 4.63. The molecule has 0 aromatic carbocycles. The third-order valence-corrected chi connectivity index (χ3v) is 3.30. The number of nitrogens with two attached hydrogens (primary N) is 1. The predicted molar refractivity (Wildman–Crippen MR) is 56.7 cm³/mol. The van der Waals surface area contributed by atoms with Crippen LogP contribution in [0.1, 0.15) is 5.69 Å². The molecule has 4 N–H and O–H groups in total. The fraction of sp³-hybridized carbons (Fsp3) is 0.375. The van der Waals surface area contributed by atoms with Crippen molar-refractivity contribution in [3.05, 3.63) is 24.0 Å². The largest absolute Gasteiger partial charge is 0.327 e. The second-order valence-electron chi connectivity index (χ2n) is 2.92. The second-order valence-corrected chi connectivity index (χ2v) is 4.65. The Labute approximate surface area is 88.6 Å². The van der Waals surface area contributed by atoms with Gasteiger partial charge >= 0.3 is 0 Å². The van der Waals surface area contributed by atoms with Gasteiger partial charge in [0.25, 0.3) is 0 Å². The van der Waals surface area contributed by atoms with Gasteiger partial charge in [0.1, 0.15) is 4.90 Å². The number of rotatable bonds is 5. The Kier molecular flexibility index (Phi) is 4.01. The summed E-state index contributed by atoms with van der Waals surface area (Å²) in [4.78, 5) is 0.170. The van der Waals surface area contributed by atoms with Gasteiger partial charge in [0, 0.05) is 13.1 Å². The van der Waals surface area contributed by atoms with Crippen molar-refractivity contribution in [2.75, 3.05) is 13.1 Å². The van der Waals surface area contributed by atoms with E-state index in [-0.39, 0.29) is 11.4 Å². The van der Waals surface area contributed by atoms with Crippen LogP contribution in [0.4, 0.5) is 0 Å². The van der Waals surface area contributed by atoms with Gasteiger partial charge in [-0.25, -0.2) is 13.1 Å². The molecule has 0 radical (unpaired) electrons. The minimum absolute atomic E-state index is 0.170. The van der Waals surface area contributed by atoms with Crippen LogP contribution in [0, 0.1) is 6.92 Å². The summed E-state index contributed by atoms with van der Waals surface area (Å²) in [5.41, 5.74) is 5.74. The zero-order valence-electron chi connectivity index (χ0n) is 8.40. The monoisotopic (exact) mass is 230 g/mol. The lowest BCUT2D eigenvalue weighted by atomic mass is 10.5. The van der Waals surface area contributed by atoms with Crippen molar-refractivity contribution in [2.45, 2.75) is 11.8 Å². The van der Waals surface area contributed by atoms with Crippen molar-refractivity contribution >= 4 is 10.0 Å². The van der Waals surface area contributed by atoms with Crippen LogP contribution in [-0.2, 0) is 10.0 Å². The van der Waals surface area contributed by atoms with Crippen molar-refractivity contribution in [3.63, 3.8) is 0 Å². The van der Waals surface area contributed by atoms with Crippen LogP contribution in [-0.4, -0.2) is 31.7 Å². The van der Waals surface area contributed by atoms with Gasteiger partial charge in [0.15, 0.2) is 0 Å². The summed E-state index contributed by atoms with van der Waals surface area (Å²) < 4.78 is 25.7. The van der Waals surface area contributed by atoms with Crippen molar-refractivity contribution < 1.29 is 8.42 Å². The standard InChI is InChI=1S/C8H14N4O2S/c1-7-8(6-10-12-7)15(13,14)11-5-3-2-4-9/h2-3,6,11H,4-5,9H2,1H3,(H,10,12)/b3-2+. The van der Waals surface area contributed by atoms with Gasteiger partial charge in [-0.05, 0) is 6.92 Å². The van der Waals surface area contributed by atoms with E-state index in [9.17, 15) is 8.42 Å². The van der Waals surface area contributed by atoms with Gasteiger partial charge in [0.05, 0.1) is 11.9 Å². The summed E-state index contributed by atoms with van der Waals surface area (Å²) in [5.74, 6) is 0. The van der Waals surface area contributed by atoms with Crippen LogP contribution in [0.3, 0.4) is 0 Å². The maximum absolute atomic E-state index is 11.6. The van der Waals surface area contributed by atoms with Crippen molar-refractivity contribution in [1.29, 1.82) is 0 Å². The number of H-pyrrole nitrogens is 1. The number of nitrogens with one attached hydrogen (secondary N) is 2. The maximum Gasteiger partial charge on any atom is 0.244 e. The molecule has 0 aliphatic carbocycles. The molecule has 1 rings (SSSR count). The summed E-state index contributed by atoms with van der Waals surface area (Å²) >= 11 is 0. The quantitative estimate of drug-likeness (QED) is 0.594. The lowest BCUT2D eigenvalue weighted by Crippen LogP contribution is -2.24. The van der Waals surface area contributed by atoms with Gasteiger partial charge in [-0.2, -0.15) is 5.10 Å². The first-order chi connectivity index (χ1) is 7.08. The molecule has 6 nitrogen and oxygen atoms in total. The highest BCUT2D eigenvalue weighted by atomic mass is 32.2. The second kappa shape index (κ2) is 5.06. The van der Waals surface area contributed by atoms with E-state index in [2.05, 4.69) is 14.9 Å². The van der Waals surface area contributed by atoms with Gasteiger partial charge in [-0.15, -0.1) is 0 Å². The molecule has 0 atom stereocenters. The molecule has 0 amide bonds. The van der Waals surface area contributed by atoms with Crippen LogP contribution in [0.15, 0.2) is 23.2 Å². The van der Waals surface area contributed by atoms with Crippen molar-refractivity contribution in [3.8, 4) is 0 Å². The number of nitrogens with zero attached hydrogens (tertiary/aromatic N) is 1. The predicted octanol–water partition coefficient (Wildman–Crippen LogP) is -0.489. The van der Waals surface area contributed by atoms with E-state index in [0.717, 1.165) is 0 Å². The van der Waals surface area contributed by atoms with Crippen LogP contribution in [0.25, 0.3) is 0 Å². The Hall–Kier alpha value is -1.18. The molecule has 0 fully saturated rings. The highest BCUT2D eigenvalue weighted by molar-refractivity contribution is 7.89. The van der Waals surface area contributed by atoms with E-state index in [4.69, 9.17) is 5.73 Å². The Bertz CT molecular complexity index is 435. The molecule has 0 saturated heterocycles. The summed E-state index contributed by atoms with van der Waals surface area (Å²) in [5, 5.41) is 6.22. The minimum atomic E-state index is -3.46. The van der Waals surface area contributed by atoms with E-state index in [1.807, 2.05) is 0 Å². The first-order valence-electron chi connectivity index (χ1n) is 4.42. The van der Waals surface area contributed by atoms with Gasteiger partial charge in [0.2, 0.25) is 10.0 Å². The molecule has 0 unspecified atom stereocenters. The fourth-order valence-electron chi connectivity index (χ4n) is 1.03. The first kappa shape index (κ1) is 11.9. The molecule has 0 saturated carbocycles. The average Bonchev–Trinajstić information content (AvgIpc) is 2.60. The minimum Gasteiger partial charge on any atom is -0.327 e. The Morgan fingerprint density at radius 2 is 2.33 bits per heavy atom. The summed E-state index contributed by atoms with van der Waals surface area (Å²) in [6.45, 7) is 2.27. The van der Waals surface area contributed by atoms with E-state index in [1.165, 1.54) is 6.20 Å². The van der Waals surface area contributed by atoms with Crippen LogP contribution >= 0.6 is 0 Å². The van der Waals surface area contributed by atoms with Crippen molar-refractivity contribution in [2.24, 2.45) is 5.73 Å². The fourth-order valence-corrected chi connectivity index (χ4v) is 2.14. The maximum atomic E-state index is 11.6. The van der Waals surface area contributed by atoms with Gasteiger partial charge in [-0.1, -0.05) is 12.2 Å². The van der Waals surface area contributed by atoms with E-state index >= 15 is 0 Å². The molecule has 0 bridgehead atoms. The van der Waals surface area contributed by atoms with E-state index in [1.54, 1.807) is 19.1 Å². The average molecular weight is 230 g/mol. The number of hydrogen-bond acceptors (Lipinski definition) is 4. The molecule has 0 spiro atoms. The Balaban J connectivity index is 2.69. The van der Waals surface area contributed by atoms with E-state index < -0.39 is 10.0 Å². The van der Waals surface area contributed by atoms with Crippen LogP contribution in [0.5, 0.6) is 0 Å². The molecular formula is C8H14N4O2S. The molecule has 7 heteroatoms. The lowest BCUT2D eigenvalue weighted by Gasteiger charge is -2.02. The van der Waals surface area contributed by atoms with Crippen LogP contribution < -0.4 is 10.5 Å².